The first kappa shape index (κ1) is 36.6. The summed E-state index contributed by atoms with van der Waals surface area (Å²) in [5.41, 5.74) is 12.9. The number of hydrogen-bond donors (Lipinski definition) is 1. The molecule has 11 heteroatoms. The van der Waals surface area contributed by atoms with E-state index < -0.39 is 0 Å². The van der Waals surface area contributed by atoms with Gasteiger partial charge in [-0.05, 0) is 75.8 Å². The van der Waals surface area contributed by atoms with Crippen LogP contribution in [0.15, 0.2) is 108 Å². The Morgan fingerprint density at radius 2 is 1.32 bits per heavy atom. The lowest BCUT2D eigenvalue weighted by Crippen LogP contribution is -2.33. The number of nitrogens with zero attached hydrogens (tertiary/aromatic N) is 8. The van der Waals surface area contributed by atoms with Crippen molar-refractivity contribution < 1.29 is 0 Å². The van der Waals surface area contributed by atoms with Crippen LogP contribution < -0.4 is 16.1 Å². The lowest BCUT2D eigenvalue weighted by atomic mass is 10.1. The van der Waals surface area contributed by atoms with Gasteiger partial charge < -0.3 is 14.0 Å². The van der Waals surface area contributed by atoms with Crippen molar-refractivity contribution in [3.63, 3.8) is 0 Å². The molecule has 0 saturated carbocycles. The molecule has 3 aromatic heterocycles. The highest BCUT2D eigenvalue weighted by molar-refractivity contribution is 14.1. The highest BCUT2D eigenvalue weighted by Crippen LogP contribution is 2.37. The summed E-state index contributed by atoms with van der Waals surface area (Å²) in [6, 6.07) is 33.0. The average Bonchev–Trinajstić information content (AvgIpc) is 3.86. The third kappa shape index (κ3) is 7.55. The van der Waals surface area contributed by atoms with E-state index in [4.69, 9.17) is 9.97 Å². The summed E-state index contributed by atoms with van der Waals surface area (Å²) >= 11 is 2.44. The number of benzene rings is 4. The van der Waals surface area contributed by atoms with Gasteiger partial charge in [-0.1, -0.05) is 97.6 Å². The van der Waals surface area contributed by atoms with Crippen LogP contribution in [0, 0.1) is 5.92 Å². The van der Waals surface area contributed by atoms with E-state index in [9.17, 15) is 4.79 Å². The molecule has 274 valence electrons. The number of likely N-dealkylation sites (N-methyl/N-ethyl adjacent to an activating group) is 1. The molecule has 0 bridgehead atoms. The molecule has 4 aromatic carbocycles. The quantitative estimate of drug-likeness (QED) is 0.0804. The van der Waals surface area contributed by atoms with Crippen molar-refractivity contribution in [2.75, 3.05) is 25.6 Å². The Morgan fingerprint density at radius 1 is 0.774 bits per heavy atom. The molecule has 10 nitrogen and oxygen atoms in total. The second-order valence-electron chi connectivity index (χ2n) is 14.4. The molecule has 0 spiro atoms. The van der Waals surface area contributed by atoms with Crippen LogP contribution in [0.25, 0.3) is 38.8 Å². The number of hydrazine groups is 1. The minimum absolute atomic E-state index is 0.0730. The molecule has 0 amide bonds. The van der Waals surface area contributed by atoms with Gasteiger partial charge in [-0.2, -0.15) is 0 Å². The van der Waals surface area contributed by atoms with Gasteiger partial charge in [-0.3, -0.25) is 14.1 Å². The van der Waals surface area contributed by atoms with Crippen molar-refractivity contribution in [2.24, 2.45) is 5.92 Å². The Bertz CT molecular complexity index is 2450. The van der Waals surface area contributed by atoms with Gasteiger partial charge >= 0.3 is 5.69 Å². The number of imidazole rings is 3. The third-order valence-corrected chi connectivity index (χ3v) is 10.7. The van der Waals surface area contributed by atoms with Crippen LogP contribution in [-0.4, -0.2) is 53.8 Å². The molecule has 1 unspecified atom stereocenters. The summed E-state index contributed by atoms with van der Waals surface area (Å²) in [5.74, 6) is 2.60. The maximum atomic E-state index is 13.2. The second-order valence-corrected chi connectivity index (χ2v) is 15.6. The van der Waals surface area contributed by atoms with Crippen molar-refractivity contribution >= 4 is 67.1 Å². The molecule has 0 radical (unpaired) electrons. The van der Waals surface area contributed by atoms with E-state index in [2.05, 4.69) is 136 Å². The zero-order valence-corrected chi connectivity index (χ0v) is 33.4. The van der Waals surface area contributed by atoms with Gasteiger partial charge in [0.05, 0.1) is 51.9 Å². The molecule has 1 aliphatic heterocycles. The zero-order chi connectivity index (χ0) is 37.2. The molecule has 7 aromatic rings. The number of para-hydroxylation sites is 7. The van der Waals surface area contributed by atoms with Gasteiger partial charge in [0.15, 0.2) is 0 Å². The van der Waals surface area contributed by atoms with E-state index in [1.54, 1.807) is 9.13 Å². The smallest absolute Gasteiger partial charge is 0.326 e. The van der Waals surface area contributed by atoms with Crippen LogP contribution in [-0.2, 0) is 26.2 Å². The number of hydrogen-bond acceptors (Lipinski definition) is 6. The number of anilines is 1. The van der Waals surface area contributed by atoms with Crippen molar-refractivity contribution in [1.29, 1.82) is 0 Å². The fourth-order valence-corrected chi connectivity index (χ4v) is 7.91. The normalized spacial score (nSPS) is 14.1. The SMILES string of the molecule is C=C(C)n1c(=O)n(Cc2nc3ccccc3n2CCC(C)C)c2ccccc21.CN(C)CCn1c(CN2NC(I)c3ccccc32)nc2ccccc21. The molecule has 1 atom stereocenters. The summed E-state index contributed by atoms with van der Waals surface area (Å²) in [6.45, 7) is 14.3. The van der Waals surface area contributed by atoms with E-state index in [-0.39, 0.29) is 5.69 Å². The van der Waals surface area contributed by atoms with Crippen LogP contribution in [0.4, 0.5) is 5.69 Å². The number of nitrogens with one attached hydrogen (secondary N) is 1. The van der Waals surface area contributed by atoms with E-state index in [1.165, 1.54) is 16.8 Å². The maximum Gasteiger partial charge on any atom is 0.333 e. The first-order chi connectivity index (χ1) is 25.6. The Kier molecular flexibility index (Phi) is 10.9. The molecule has 0 fully saturated rings. The van der Waals surface area contributed by atoms with Crippen molar-refractivity contribution in [3.8, 4) is 0 Å². The Morgan fingerprint density at radius 3 is 1.94 bits per heavy atom. The summed E-state index contributed by atoms with van der Waals surface area (Å²) in [5, 5.41) is 2.22. The van der Waals surface area contributed by atoms with Crippen LogP contribution in [0.1, 0.15) is 48.5 Å². The summed E-state index contributed by atoms with van der Waals surface area (Å²) in [6.07, 6.45) is 1.07. The predicted octanol–water partition coefficient (Wildman–Crippen LogP) is 8.29. The van der Waals surface area contributed by atoms with Crippen molar-refractivity contribution in [3.05, 3.63) is 131 Å². The minimum atomic E-state index is -0.0730. The summed E-state index contributed by atoms with van der Waals surface area (Å²) in [7, 11) is 4.22. The molecule has 0 aliphatic carbocycles. The largest absolute Gasteiger partial charge is 0.333 e. The van der Waals surface area contributed by atoms with Crippen LogP contribution in [0.3, 0.4) is 0 Å². The molecule has 53 heavy (non-hydrogen) atoms. The number of rotatable bonds is 11. The molecular weight excluding hydrogens is 773 g/mol. The van der Waals surface area contributed by atoms with E-state index in [0.717, 1.165) is 71.8 Å². The standard InChI is InChI=1S/C23H26N4O.C19H22IN5/c1-16(2)13-14-25-19-10-6-5-9-18(19)24-22(25)15-26-20-11-7-8-12-21(20)27(17(3)4)23(26)28;1-23(2)11-12-24-17-10-6-4-8-15(17)21-18(24)13-25-16-9-5-3-7-14(16)19(20)22-25/h5-12,16H,3,13-15H2,1-2,4H3;3-10,19,22H,11-13H2,1-2H3. The third-order valence-electron chi connectivity index (χ3n) is 9.75. The van der Waals surface area contributed by atoms with Crippen LogP contribution in [0.2, 0.25) is 0 Å². The molecule has 1 N–H and O–H groups in total. The topological polar surface area (TPSA) is 81.1 Å². The molecule has 4 heterocycles. The monoisotopic (exact) mass is 821 g/mol. The highest BCUT2D eigenvalue weighted by Gasteiger charge is 2.27. The van der Waals surface area contributed by atoms with Crippen molar-refractivity contribution in [1.82, 2.24) is 38.6 Å². The summed E-state index contributed by atoms with van der Waals surface area (Å²) < 4.78 is 8.39. The fraction of sp³-hybridized carbons (Fsp3) is 0.310. The lowest BCUT2D eigenvalue weighted by Gasteiger charge is -2.21. The predicted molar refractivity (Wildman–Crippen MR) is 226 cm³/mol. The minimum Gasteiger partial charge on any atom is -0.326 e. The number of aryl methyl sites for hydroxylation is 1. The van der Waals surface area contributed by atoms with Gasteiger partial charge in [0.1, 0.15) is 15.7 Å². The van der Waals surface area contributed by atoms with Gasteiger partial charge in [0.25, 0.3) is 0 Å². The molecular formula is C42H48IN9O. The van der Waals surface area contributed by atoms with Gasteiger partial charge in [0.2, 0.25) is 0 Å². The van der Waals surface area contributed by atoms with Gasteiger partial charge in [0, 0.05) is 30.9 Å². The number of alkyl halides is 1. The van der Waals surface area contributed by atoms with Crippen LogP contribution in [0.5, 0.6) is 0 Å². The number of halogens is 1. The average molecular weight is 822 g/mol. The first-order valence-electron chi connectivity index (χ1n) is 18.3. The lowest BCUT2D eigenvalue weighted by molar-refractivity contribution is 0.382. The van der Waals surface area contributed by atoms with Gasteiger partial charge in [-0.25, -0.2) is 20.2 Å². The number of allylic oxidation sites excluding steroid dienone is 1. The Labute approximate surface area is 324 Å². The fourth-order valence-electron chi connectivity index (χ4n) is 7.05. The Balaban J connectivity index is 0.000000165. The summed E-state index contributed by atoms with van der Waals surface area (Å²) in [4.78, 5) is 25.1. The number of fused-ring (bicyclic) bond motifs is 4. The second kappa shape index (κ2) is 15.7. The zero-order valence-electron chi connectivity index (χ0n) is 31.2. The first-order valence-corrected chi connectivity index (χ1v) is 19.5. The Hall–Kier alpha value is -4.72. The molecule has 1 aliphatic rings. The molecule has 0 saturated heterocycles. The van der Waals surface area contributed by atoms with E-state index >= 15 is 0 Å². The van der Waals surface area contributed by atoms with E-state index in [0.29, 0.717) is 22.2 Å². The number of aromatic nitrogens is 6. The molecule has 8 rings (SSSR count). The van der Waals surface area contributed by atoms with E-state index in [1.807, 2.05) is 49.4 Å². The van der Waals surface area contributed by atoms with Crippen LogP contribution >= 0.6 is 22.6 Å². The van der Waals surface area contributed by atoms with Crippen molar-refractivity contribution in [2.45, 2.75) is 57.4 Å². The van der Waals surface area contributed by atoms with Gasteiger partial charge in [-0.15, -0.1) is 0 Å². The maximum absolute atomic E-state index is 13.2. The highest BCUT2D eigenvalue weighted by atomic mass is 127.